The summed E-state index contributed by atoms with van der Waals surface area (Å²) in [5.74, 6) is 0.693. The molecule has 1 aliphatic rings. The first-order chi connectivity index (χ1) is 19.2. The molecule has 0 spiro atoms. The minimum atomic E-state index is -0.905. The molecular weight excluding hydrogens is 542 g/mol. The number of carbonyl (C=O) groups excluding carboxylic acids is 1. The van der Waals surface area contributed by atoms with E-state index in [1.807, 2.05) is 0 Å². The molecule has 12 nitrogen and oxygen atoms in total. The molecule has 0 N–H and O–H groups in total. The lowest BCUT2D eigenvalue weighted by Crippen LogP contribution is -2.40. The van der Waals surface area contributed by atoms with Crippen molar-refractivity contribution in [2.45, 2.75) is 19.9 Å². The smallest absolute Gasteiger partial charge is 0.338 e. The highest BCUT2D eigenvalue weighted by molar-refractivity contribution is 7.07. The van der Waals surface area contributed by atoms with Crippen molar-refractivity contribution in [2.24, 2.45) is 4.99 Å². The number of benzene rings is 2. The standard InChI is InChI=1S/C27H27N3O9S/c1-7-39-26(32)23-14(2)28-27-29(24(23)15-8-9-18(35-3)19(10-15)36-4)25(31)22(40-27)12-16-11-20(37-5)21(38-6)13-17(16)30(33)34/h8-13,24H,7H2,1-6H3/b22-12-/t24-/m0/s1. The van der Waals surface area contributed by atoms with E-state index in [0.717, 1.165) is 11.3 Å². The van der Waals surface area contributed by atoms with Gasteiger partial charge in [-0.1, -0.05) is 17.4 Å². The number of ether oxygens (including phenoxy) is 5. The quantitative estimate of drug-likeness (QED) is 0.216. The Morgan fingerprint density at radius 3 is 2.27 bits per heavy atom. The topological polar surface area (TPSA) is 141 Å². The molecular formula is C27H27N3O9S. The number of aromatic nitrogens is 1. The van der Waals surface area contributed by atoms with Gasteiger partial charge in [0.15, 0.2) is 27.8 Å². The molecule has 1 aliphatic heterocycles. The number of nitro groups is 1. The zero-order valence-corrected chi connectivity index (χ0v) is 23.5. The fraction of sp³-hybridized carbons (Fsp3) is 0.296. The van der Waals surface area contributed by atoms with Crippen LogP contribution < -0.4 is 33.8 Å². The fourth-order valence-electron chi connectivity index (χ4n) is 4.43. The second kappa shape index (κ2) is 11.6. The molecule has 40 heavy (non-hydrogen) atoms. The number of allylic oxidation sites excluding steroid dienone is 1. The third kappa shape index (κ3) is 5.02. The molecule has 4 rings (SSSR count). The Morgan fingerprint density at radius 1 is 1.05 bits per heavy atom. The lowest BCUT2D eigenvalue weighted by Gasteiger charge is -2.25. The number of carbonyl (C=O) groups is 1. The van der Waals surface area contributed by atoms with E-state index in [-0.39, 0.29) is 39.5 Å². The first-order valence-electron chi connectivity index (χ1n) is 12.0. The summed E-state index contributed by atoms with van der Waals surface area (Å²) in [5.41, 5.74) is 0.482. The Bertz CT molecular complexity index is 1700. The molecule has 2 aromatic carbocycles. The van der Waals surface area contributed by atoms with Gasteiger partial charge in [-0.2, -0.15) is 0 Å². The van der Waals surface area contributed by atoms with Crippen LogP contribution in [0.5, 0.6) is 23.0 Å². The number of nitrogens with zero attached hydrogens (tertiary/aromatic N) is 3. The fourth-order valence-corrected chi connectivity index (χ4v) is 5.47. The molecule has 0 unspecified atom stereocenters. The van der Waals surface area contributed by atoms with Gasteiger partial charge < -0.3 is 23.7 Å². The van der Waals surface area contributed by atoms with Crippen molar-refractivity contribution in [3.8, 4) is 23.0 Å². The van der Waals surface area contributed by atoms with E-state index in [0.29, 0.717) is 27.6 Å². The Kier molecular flexibility index (Phi) is 8.24. The monoisotopic (exact) mass is 569 g/mol. The van der Waals surface area contributed by atoms with Crippen LogP contribution in [0, 0.1) is 10.1 Å². The summed E-state index contributed by atoms with van der Waals surface area (Å²) in [7, 11) is 5.76. The molecule has 210 valence electrons. The molecule has 1 aromatic heterocycles. The minimum absolute atomic E-state index is 0.127. The Balaban J connectivity index is 2.01. The molecule has 3 aromatic rings. The van der Waals surface area contributed by atoms with Crippen LogP contribution in [0.2, 0.25) is 0 Å². The molecule has 0 saturated heterocycles. The van der Waals surface area contributed by atoms with Gasteiger partial charge in [0, 0.05) is 0 Å². The highest BCUT2D eigenvalue weighted by Crippen LogP contribution is 2.37. The number of thiazole rings is 1. The van der Waals surface area contributed by atoms with Gasteiger partial charge >= 0.3 is 5.97 Å². The van der Waals surface area contributed by atoms with E-state index in [1.54, 1.807) is 32.0 Å². The Morgan fingerprint density at radius 2 is 1.68 bits per heavy atom. The number of hydrogen-bond donors (Lipinski definition) is 0. The van der Waals surface area contributed by atoms with Crippen molar-refractivity contribution in [3.63, 3.8) is 0 Å². The maximum Gasteiger partial charge on any atom is 0.338 e. The number of nitro benzene ring substituents is 1. The van der Waals surface area contributed by atoms with Crippen molar-refractivity contribution >= 4 is 29.1 Å². The van der Waals surface area contributed by atoms with Gasteiger partial charge in [-0.05, 0) is 43.7 Å². The lowest BCUT2D eigenvalue weighted by molar-refractivity contribution is -0.385. The number of hydrogen-bond acceptors (Lipinski definition) is 11. The predicted octanol–water partition coefficient (Wildman–Crippen LogP) is 2.74. The molecule has 1 atom stereocenters. The molecule has 0 amide bonds. The summed E-state index contributed by atoms with van der Waals surface area (Å²) in [4.78, 5) is 43.1. The molecule has 13 heteroatoms. The van der Waals surface area contributed by atoms with Crippen molar-refractivity contribution in [2.75, 3.05) is 35.0 Å². The van der Waals surface area contributed by atoms with E-state index in [2.05, 4.69) is 4.99 Å². The number of esters is 1. The van der Waals surface area contributed by atoms with E-state index in [4.69, 9.17) is 23.7 Å². The van der Waals surface area contributed by atoms with Crippen LogP contribution in [-0.4, -0.2) is 50.5 Å². The first-order valence-corrected chi connectivity index (χ1v) is 12.8. The van der Waals surface area contributed by atoms with E-state index >= 15 is 0 Å². The van der Waals surface area contributed by atoms with Gasteiger partial charge in [0.25, 0.3) is 11.2 Å². The predicted molar refractivity (Wildman–Crippen MR) is 146 cm³/mol. The summed E-state index contributed by atoms with van der Waals surface area (Å²) < 4.78 is 28.2. The summed E-state index contributed by atoms with van der Waals surface area (Å²) in [6.45, 7) is 3.47. The first kappa shape index (κ1) is 28.4. The van der Waals surface area contributed by atoms with Crippen LogP contribution in [0.25, 0.3) is 6.08 Å². The molecule has 0 radical (unpaired) electrons. The van der Waals surface area contributed by atoms with Crippen LogP contribution >= 0.6 is 11.3 Å². The average Bonchev–Trinajstić information content (AvgIpc) is 3.25. The van der Waals surface area contributed by atoms with Crippen LogP contribution in [0.15, 0.2) is 51.4 Å². The summed E-state index contributed by atoms with van der Waals surface area (Å²) in [5, 5.41) is 11.8. The summed E-state index contributed by atoms with van der Waals surface area (Å²) in [6.07, 6.45) is 1.40. The molecule has 0 saturated carbocycles. The largest absolute Gasteiger partial charge is 0.493 e. The second-order valence-electron chi connectivity index (χ2n) is 8.44. The van der Waals surface area contributed by atoms with E-state index in [9.17, 15) is 19.7 Å². The summed E-state index contributed by atoms with van der Waals surface area (Å²) in [6, 6.07) is 6.83. The number of fused-ring (bicyclic) bond motifs is 1. The van der Waals surface area contributed by atoms with Crippen LogP contribution in [0.3, 0.4) is 0 Å². The normalized spacial score (nSPS) is 14.8. The van der Waals surface area contributed by atoms with Crippen molar-refractivity contribution in [1.82, 2.24) is 4.57 Å². The highest BCUT2D eigenvalue weighted by atomic mass is 32.1. The van der Waals surface area contributed by atoms with Crippen molar-refractivity contribution in [1.29, 1.82) is 0 Å². The van der Waals surface area contributed by atoms with Crippen LogP contribution in [0.4, 0.5) is 5.69 Å². The molecule has 0 fully saturated rings. The number of methoxy groups -OCH3 is 4. The van der Waals surface area contributed by atoms with Gasteiger partial charge in [0.2, 0.25) is 0 Å². The zero-order valence-electron chi connectivity index (χ0n) is 22.7. The SMILES string of the molecule is CCOC(=O)C1=C(C)N=c2s/c(=C\c3cc(OC)c(OC)cc3[N+](=O)[O-])c(=O)n2[C@H]1c1ccc(OC)c(OC)c1. The van der Waals surface area contributed by atoms with E-state index in [1.165, 1.54) is 51.2 Å². The zero-order chi connectivity index (χ0) is 29.1. The van der Waals surface area contributed by atoms with Gasteiger partial charge in [0.05, 0.1) is 73.4 Å². The van der Waals surface area contributed by atoms with Gasteiger partial charge in [0.1, 0.15) is 0 Å². The van der Waals surface area contributed by atoms with Crippen LogP contribution in [-0.2, 0) is 9.53 Å². The third-order valence-electron chi connectivity index (χ3n) is 6.26. The van der Waals surface area contributed by atoms with Crippen molar-refractivity contribution in [3.05, 3.63) is 82.5 Å². The third-order valence-corrected chi connectivity index (χ3v) is 7.24. The van der Waals surface area contributed by atoms with Gasteiger partial charge in [-0.15, -0.1) is 0 Å². The summed E-state index contributed by atoms with van der Waals surface area (Å²) >= 11 is 1.04. The molecule has 2 heterocycles. The number of rotatable bonds is 9. The maximum atomic E-state index is 13.9. The molecule has 0 bridgehead atoms. The van der Waals surface area contributed by atoms with Gasteiger partial charge in [-0.3, -0.25) is 19.5 Å². The highest BCUT2D eigenvalue weighted by Gasteiger charge is 2.34. The Labute approximate surface area is 232 Å². The minimum Gasteiger partial charge on any atom is -0.493 e. The Hall–Kier alpha value is -4.65. The average molecular weight is 570 g/mol. The molecule has 0 aliphatic carbocycles. The van der Waals surface area contributed by atoms with Gasteiger partial charge in [-0.25, -0.2) is 9.79 Å². The van der Waals surface area contributed by atoms with Crippen LogP contribution in [0.1, 0.15) is 31.0 Å². The second-order valence-corrected chi connectivity index (χ2v) is 9.45. The lowest BCUT2D eigenvalue weighted by atomic mass is 9.95. The van der Waals surface area contributed by atoms with E-state index < -0.39 is 22.5 Å². The van der Waals surface area contributed by atoms with Crippen molar-refractivity contribution < 1.29 is 33.4 Å². The maximum absolute atomic E-state index is 13.9.